The number of hydrogen-bond acceptors (Lipinski definition) is 6. The van der Waals surface area contributed by atoms with Crippen LogP contribution < -0.4 is 10.1 Å². The number of rotatable bonds is 6. The van der Waals surface area contributed by atoms with E-state index in [0.717, 1.165) is 25.7 Å². The Morgan fingerprint density at radius 1 is 1.32 bits per heavy atom. The number of unbranched alkanes of at least 4 members (excludes halogenated alkanes) is 3. The summed E-state index contributed by atoms with van der Waals surface area (Å²) in [5, 5.41) is 24.6. The number of piperidine rings is 1. The van der Waals surface area contributed by atoms with Gasteiger partial charge in [0, 0.05) is 17.5 Å². The molecule has 31 heavy (non-hydrogen) atoms. The van der Waals surface area contributed by atoms with Crippen LogP contribution >= 0.6 is 0 Å². The van der Waals surface area contributed by atoms with Crippen molar-refractivity contribution in [2.45, 2.75) is 74.7 Å². The van der Waals surface area contributed by atoms with Crippen LogP contribution in [0, 0.1) is 0 Å². The highest BCUT2D eigenvalue weighted by molar-refractivity contribution is 6.07. The Kier molecular flexibility index (Phi) is 4.68. The number of ketones is 1. The Morgan fingerprint density at radius 2 is 2.13 bits per heavy atom. The van der Waals surface area contributed by atoms with Gasteiger partial charge in [-0.05, 0) is 38.6 Å². The zero-order chi connectivity index (χ0) is 22.0. The molecule has 0 aromatic heterocycles. The van der Waals surface area contributed by atoms with E-state index in [1.165, 1.54) is 6.07 Å². The van der Waals surface area contributed by atoms with Gasteiger partial charge in [-0.25, -0.2) is 0 Å². The summed E-state index contributed by atoms with van der Waals surface area (Å²) >= 11 is 0. The number of aromatic hydroxyl groups is 1. The zero-order valence-corrected chi connectivity index (χ0v) is 18.1. The van der Waals surface area contributed by atoms with Crippen molar-refractivity contribution in [2.24, 2.45) is 0 Å². The van der Waals surface area contributed by atoms with E-state index < -0.39 is 29.2 Å². The second kappa shape index (κ2) is 7.07. The average Bonchev–Trinajstić information content (AvgIpc) is 3.10. The van der Waals surface area contributed by atoms with Crippen molar-refractivity contribution in [3.63, 3.8) is 0 Å². The molecule has 2 heterocycles. The third kappa shape index (κ3) is 2.53. The minimum absolute atomic E-state index is 0.0419. The number of amides is 1. The summed E-state index contributed by atoms with van der Waals surface area (Å²) in [5.74, 6) is 0.0361. The molecule has 1 amide bonds. The largest absolute Gasteiger partial charge is 0.504 e. The molecule has 2 aliphatic carbocycles. The molecule has 0 radical (unpaired) electrons. The maximum Gasteiger partial charge on any atom is 0.220 e. The molecule has 1 fully saturated rings. The predicted octanol–water partition coefficient (Wildman–Crippen LogP) is 2.05. The number of Topliss-reactive ketones (excluding diaryl/α,β-unsaturated/α-hetero) is 1. The van der Waals surface area contributed by atoms with Crippen LogP contribution in [0.2, 0.25) is 0 Å². The summed E-state index contributed by atoms with van der Waals surface area (Å²) in [7, 11) is 1.90. The van der Waals surface area contributed by atoms with Crippen molar-refractivity contribution >= 4 is 11.7 Å². The first-order chi connectivity index (χ1) is 14.9. The SMILES string of the molecule is CCCCCCC(=O)N[C@@]12C=C[C@H](O)[C@@H]3Oc4c(O)ccc5c4[C@@]31CCN(C)[C@@H]2C5=O. The van der Waals surface area contributed by atoms with Gasteiger partial charge in [0.15, 0.2) is 17.3 Å². The number of phenolic OH excluding ortho intramolecular Hbond substituents is 1. The zero-order valence-electron chi connectivity index (χ0n) is 18.1. The molecule has 1 aromatic rings. The maximum absolute atomic E-state index is 13.7. The van der Waals surface area contributed by atoms with Crippen molar-refractivity contribution in [3.8, 4) is 11.5 Å². The Bertz CT molecular complexity index is 975. The normalized spacial score (nSPS) is 34.9. The van der Waals surface area contributed by atoms with Crippen LogP contribution in [0.5, 0.6) is 11.5 Å². The fourth-order valence-electron chi connectivity index (χ4n) is 6.43. The van der Waals surface area contributed by atoms with Crippen molar-refractivity contribution in [2.75, 3.05) is 13.6 Å². The van der Waals surface area contributed by atoms with Crippen LogP contribution in [0.4, 0.5) is 0 Å². The maximum atomic E-state index is 13.7. The summed E-state index contributed by atoms with van der Waals surface area (Å²) < 4.78 is 6.15. The molecular weight excluding hydrogens is 396 g/mol. The molecule has 3 N–H and O–H groups in total. The lowest BCUT2D eigenvalue weighted by Gasteiger charge is -2.62. The van der Waals surface area contributed by atoms with E-state index in [9.17, 15) is 19.8 Å². The number of phenols is 1. The van der Waals surface area contributed by atoms with Gasteiger partial charge in [0.05, 0.1) is 11.0 Å². The fourth-order valence-corrected chi connectivity index (χ4v) is 6.43. The second-order valence-electron chi connectivity index (χ2n) is 9.42. The first-order valence-electron chi connectivity index (χ1n) is 11.3. The van der Waals surface area contributed by atoms with Gasteiger partial charge in [0.2, 0.25) is 5.91 Å². The van der Waals surface area contributed by atoms with Crippen molar-refractivity contribution in [1.29, 1.82) is 0 Å². The molecule has 0 unspecified atom stereocenters. The molecule has 2 aliphatic heterocycles. The number of ether oxygens (including phenoxy) is 1. The number of likely N-dealkylation sites (N-methyl/N-ethyl adjacent to an activating group) is 1. The molecule has 5 rings (SSSR count). The highest BCUT2D eigenvalue weighted by Gasteiger charge is 2.74. The molecule has 2 bridgehead atoms. The summed E-state index contributed by atoms with van der Waals surface area (Å²) in [5.41, 5.74) is -0.687. The monoisotopic (exact) mass is 426 g/mol. The van der Waals surface area contributed by atoms with Crippen LogP contribution in [0.3, 0.4) is 0 Å². The highest BCUT2D eigenvalue weighted by Crippen LogP contribution is 2.63. The average molecular weight is 427 g/mol. The van der Waals surface area contributed by atoms with E-state index in [2.05, 4.69) is 12.2 Å². The van der Waals surface area contributed by atoms with Crippen LogP contribution in [0.1, 0.15) is 61.4 Å². The summed E-state index contributed by atoms with van der Waals surface area (Å²) in [6.45, 7) is 2.76. The number of nitrogens with one attached hydrogen (secondary N) is 1. The Hall–Kier alpha value is -2.38. The van der Waals surface area contributed by atoms with E-state index in [1.807, 2.05) is 18.0 Å². The highest BCUT2D eigenvalue weighted by atomic mass is 16.5. The Balaban J connectivity index is 1.65. The molecule has 7 nitrogen and oxygen atoms in total. The van der Waals surface area contributed by atoms with Gasteiger partial charge in [0.25, 0.3) is 0 Å². The lowest BCUT2D eigenvalue weighted by atomic mass is 9.48. The van der Waals surface area contributed by atoms with Gasteiger partial charge in [-0.3, -0.25) is 14.5 Å². The summed E-state index contributed by atoms with van der Waals surface area (Å²) in [6.07, 6.45) is 6.84. The van der Waals surface area contributed by atoms with Crippen LogP contribution in [0.15, 0.2) is 24.3 Å². The van der Waals surface area contributed by atoms with Crippen molar-refractivity contribution < 1.29 is 24.5 Å². The molecule has 1 spiro atoms. The van der Waals surface area contributed by atoms with E-state index >= 15 is 0 Å². The Labute approximate surface area is 182 Å². The minimum Gasteiger partial charge on any atom is -0.504 e. The Morgan fingerprint density at radius 3 is 2.90 bits per heavy atom. The van der Waals surface area contributed by atoms with Crippen LogP contribution in [-0.4, -0.2) is 64.2 Å². The molecule has 4 aliphatic rings. The molecule has 1 aromatic carbocycles. The molecule has 0 saturated carbocycles. The third-order valence-electron chi connectivity index (χ3n) is 7.77. The van der Waals surface area contributed by atoms with E-state index in [0.29, 0.717) is 30.5 Å². The molecule has 166 valence electrons. The lowest BCUT2D eigenvalue weighted by molar-refractivity contribution is -0.128. The summed E-state index contributed by atoms with van der Waals surface area (Å²) in [6, 6.07) is 2.53. The van der Waals surface area contributed by atoms with Gasteiger partial charge in [-0.1, -0.05) is 38.3 Å². The number of nitrogens with zero attached hydrogens (tertiary/aromatic N) is 1. The molecule has 5 atom stereocenters. The topological polar surface area (TPSA) is 99.1 Å². The van der Waals surface area contributed by atoms with Crippen molar-refractivity contribution in [1.82, 2.24) is 10.2 Å². The minimum atomic E-state index is -1.03. The second-order valence-corrected chi connectivity index (χ2v) is 9.42. The van der Waals surface area contributed by atoms with E-state index in [-0.39, 0.29) is 23.2 Å². The van der Waals surface area contributed by atoms with E-state index in [1.54, 1.807) is 12.1 Å². The smallest absolute Gasteiger partial charge is 0.220 e. The quantitative estimate of drug-likeness (QED) is 0.476. The first-order valence-corrected chi connectivity index (χ1v) is 11.3. The number of aliphatic hydroxyl groups excluding tert-OH is 1. The van der Waals surface area contributed by atoms with Gasteiger partial charge < -0.3 is 20.3 Å². The number of carbonyl (C=O) groups is 2. The molecule has 7 heteroatoms. The third-order valence-corrected chi connectivity index (χ3v) is 7.77. The number of benzene rings is 1. The van der Waals surface area contributed by atoms with E-state index in [4.69, 9.17) is 4.74 Å². The van der Waals surface area contributed by atoms with Gasteiger partial charge in [0.1, 0.15) is 18.2 Å². The standard InChI is InChI=1S/C24H30N2O5/c1-3-4-5-6-7-17(29)25-24-11-10-16(28)22-23(24)12-13-26(2)21(24)19(30)14-8-9-15(27)20(31-22)18(14)23/h8-11,16,21-22,27-28H,3-7,12-13H2,1-2H3,(H,25,29)/t16-,21+,22-,23-,24+/m0/s1. The van der Waals surface area contributed by atoms with Crippen LogP contribution in [0.25, 0.3) is 0 Å². The fraction of sp³-hybridized carbons (Fsp3) is 0.583. The van der Waals surface area contributed by atoms with Crippen molar-refractivity contribution in [3.05, 3.63) is 35.4 Å². The van der Waals surface area contributed by atoms with Gasteiger partial charge in [-0.15, -0.1) is 0 Å². The summed E-state index contributed by atoms with van der Waals surface area (Å²) in [4.78, 5) is 28.8. The van der Waals surface area contributed by atoms with Gasteiger partial charge in [-0.2, -0.15) is 0 Å². The number of likely N-dealkylation sites (tertiary alicyclic amines) is 1. The number of hydrogen-bond donors (Lipinski definition) is 3. The predicted molar refractivity (Wildman–Crippen MR) is 114 cm³/mol. The first kappa shape index (κ1) is 20.5. The number of carbonyl (C=O) groups excluding carboxylic acids is 2. The molecule has 1 saturated heterocycles. The van der Waals surface area contributed by atoms with Gasteiger partial charge >= 0.3 is 0 Å². The lowest BCUT2D eigenvalue weighted by Crippen LogP contribution is -2.81. The number of aliphatic hydroxyl groups is 1. The van der Waals surface area contributed by atoms with Crippen LogP contribution in [-0.2, 0) is 10.2 Å². The molecular formula is C24H30N2O5.